The molecule has 0 aromatic rings. The molecule has 0 N–H and O–H groups in total. The van der Waals surface area contributed by atoms with Crippen molar-refractivity contribution < 1.29 is 0 Å². The van der Waals surface area contributed by atoms with Gasteiger partial charge in [-0.25, -0.2) is 0 Å². The van der Waals surface area contributed by atoms with Crippen molar-refractivity contribution in [1.29, 1.82) is 0 Å². The molecule has 0 nitrogen and oxygen atoms in total. The minimum absolute atomic E-state index is 0.125. The van der Waals surface area contributed by atoms with Gasteiger partial charge in [-0.05, 0) is 12.8 Å². The lowest BCUT2D eigenvalue weighted by molar-refractivity contribution is 0.569. The Labute approximate surface area is 155 Å². The molecule has 0 unspecified atom stereocenters. The standard InChI is InChI=1S/C11H16Cl8/c12-8(6-10(14,15)16)4-2-1-3-5-9(13)7-11(17,18)19/h8-9H,1-7H2/t8-,9-/m1/s1. The van der Waals surface area contributed by atoms with Crippen molar-refractivity contribution in [2.24, 2.45) is 0 Å². The van der Waals surface area contributed by atoms with Crippen LogP contribution in [0.4, 0.5) is 0 Å². The van der Waals surface area contributed by atoms with Crippen LogP contribution in [0.5, 0.6) is 0 Å². The summed E-state index contributed by atoms with van der Waals surface area (Å²) in [5.41, 5.74) is 0. The van der Waals surface area contributed by atoms with Gasteiger partial charge in [0.15, 0.2) is 7.59 Å². The molecule has 0 radical (unpaired) electrons. The van der Waals surface area contributed by atoms with E-state index in [4.69, 9.17) is 92.8 Å². The summed E-state index contributed by atoms with van der Waals surface area (Å²) < 4.78 is -2.56. The van der Waals surface area contributed by atoms with E-state index in [1.807, 2.05) is 0 Å². The van der Waals surface area contributed by atoms with Crippen molar-refractivity contribution in [3.05, 3.63) is 0 Å². The molecular weight excluding hydrogens is 416 g/mol. The van der Waals surface area contributed by atoms with Crippen molar-refractivity contribution in [2.45, 2.75) is 63.3 Å². The highest BCUT2D eigenvalue weighted by Crippen LogP contribution is 2.35. The predicted molar refractivity (Wildman–Crippen MR) is 92.2 cm³/mol. The fraction of sp³-hybridized carbons (Fsp3) is 1.00. The van der Waals surface area contributed by atoms with Crippen LogP contribution in [0, 0.1) is 0 Å². The molecule has 2 atom stereocenters. The van der Waals surface area contributed by atoms with Gasteiger partial charge in [0.05, 0.1) is 0 Å². The van der Waals surface area contributed by atoms with E-state index in [9.17, 15) is 0 Å². The van der Waals surface area contributed by atoms with Gasteiger partial charge in [-0.1, -0.05) is 88.9 Å². The van der Waals surface area contributed by atoms with Crippen molar-refractivity contribution in [1.82, 2.24) is 0 Å². The van der Waals surface area contributed by atoms with E-state index in [1.54, 1.807) is 0 Å². The third-order valence-electron chi connectivity index (χ3n) is 2.44. The van der Waals surface area contributed by atoms with Crippen LogP contribution in [-0.4, -0.2) is 18.3 Å². The average molecular weight is 432 g/mol. The lowest BCUT2D eigenvalue weighted by atomic mass is 10.1. The minimum atomic E-state index is -1.28. The Bertz CT molecular complexity index is 208. The molecule has 0 amide bonds. The monoisotopic (exact) mass is 428 g/mol. The first-order valence-electron chi connectivity index (χ1n) is 5.91. The number of hydrogen-bond acceptors (Lipinski definition) is 0. The summed E-state index contributed by atoms with van der Waals surface area (Å²) in [5, 5.41) is -0.249. The maximum atomic E-state index is 6.06. The van der Waals surface area contributed by atoms with E-state index in [2.05, 4.69) is 0 Å². The van der Waals surface area contributed by atoms with Gasteiger partial charge < -0.3 is 0 Å². The summed E-state index contributed by atoms with van der Waals surface area (Å²) in [6, 6.07) is 0. The molecule has 0 spiro atoms. The molecule has 0 saturated heterocycles. The molecule has 0 rings (SSSR count). The van der Waals surface area contributed by atoms with Gasteiger partial charge >= 0.3 is 0 Å². The lowest BCUT2D eigenvalue weighted by Gasteiger charge is -2.16. The predicted octanol–water partition coefficient (Wildman–Crippen LogP) is 7.67. The fourth-order valence-electron chi connectivity index (χ4n) is 1.61. The normalized spacial score (nSPS) is 16.4. The van der Waals surface area contributed by atoms with E-state index in [0.29, 0.717) is 12.8 Å². The highest BCUT2D eigenvalue weighted by molar-refractivity contribution is 6.68. The van der Waals surface area contributed by atoms with Crippen LogP contribution in [0.25, 0.3) is 0 Å². The van der Waals surface area contributed by atoms with Crippen LogP contribution >= 0.6 is 92.8 Å². The number of rotatable bonds is 8. The molecule has 0 bridgehead atoms. The largest absolute Gasteiger partial charge is 0.192 e. The van der Waals surface area contributed by atoms with Crippen molar-refractivity contribution in [2.75, 3.05) is 0 Å². The van der Waals surface area contributed by atoms with E-state index in [-0.39, 0.29) is 10.8 Å². The molecule has 8 heteroatoms. The molecule has 19 heavy (non-hydrogen) atoms. The van der Waals surface area contributed by atoms with E-state index in [0.717, 1.165) is 32.1 Å². The number of hydrogen-bond donors (Lipinski definition) is 0. The molecule has 0 saturated carbocycles. The summed E-state index contributed by atoms with van der Waals surface area (Å²) >= 11 is 46.1. The van der Waals surface area contributed by atoms with Crippen LogP contribution in [0.1, 0.15) is 44.9 Å². The maximum Gasteiger partial charge on any atom is 0.192 e. The quantitative estimate of drug-likeness (QED) is 0.273. The van der Waals surface area contributed by atoms with Crippen molar-refractivity contribution >= 4 is 92.8 Å². The number of unbranched alkanes of at least 4 members (excludes halogenated alkanes) is 2. The number of halogens is 8. The second kappa shape index (κ2) is 10.2. The fourth-order valence-corrected chi connectivity index (χ4v) is 3.98. The molecule has 0 aliphatic rings. The Morgan fingerprint density at radius 1 is 0.579 bits per heavy atom. The van der Waals surface area contributed by atoms with E-state index in [1.165, 1.54) is 0 Å². The van der Waals surface area contributed by atoms with Gasteiger partial charge in [0.1, 0.15) is 0 Å². The highest BCUT2D eigenvalue weighted by Gasteiger charge is 2.25. The Balaban J connectivity index is 3.55. The van der Waals surface area contributed by atoms with Crippen LogP contribution in [0.15, 0.2) is 0 Å². The summed E-state index contributed by atoms with van der Waals surface area (Å²) in [6.07, 6.45) is 5.26. The second-order valence-corrected chi connectivity index (χ2v) is 10.7. The van der Waals surface area contributed by atoms with Crippen LogP contribution in [-0.2, 0) is 0 Å². The summed E-state index contributed by atoms with van der Waals surface area (Å²) in [4.78, 5) is 0. The summed E-state index contributed by atoms with van der Waals surface area (Å²) in [7, 11) is 0. The maximum absolute atomic E-state index is 6.06. The van der Waals surface area contributed by atoms with Gasteiger partial charge in [0.25, 0.3) is 0 Å². The van der Waals surface area contributed by atoms with Crippen LogP contribution in [0.3, 0.4) is 0 Å². The summed E-state index contributed by atoms with van der Waals surface area (Å²) in [5.74, 6) is 0. The minimum Gasteiger partial charge on any atom is -0.123 e. The van der Waals surface area contributed by atoms with Crippen LogP contribution < -0.4 is 0 Å². The van der Waals surface area contributed by atoms with Gasteiger partial charge in [-0.2, -0.15) is 0 Å². The van der Waals surface area contributed by atoms with Gasteiger partial charge in [0, 0.05) is 23.6 Å². The number of alkyl halides is 8. The van der Waals surface area contributed by atoms with E-state index >= 15 is 0 Å². The molecule has 0 aliphatic carbocycles. The zero-order valence-electron chi connectivity index (χ0n) is 10.1. The van der Waals surface area contributed by atoms with Gasteiger partial charge in [0.2, 0.25) is 0 Å². The Morgan fingerprint density at radius 3 is 1.16 bits per heavy atom. The SMILES string of the molecule is Cl[C@H](CCCCC[C@@H](Cl)CC(Cl)(Cl)Cl)CC(Cl)(Cl)Cl. The van der Waals surface area contributed by atoms with Gasteiger partial charge in [-0.3, -0.25) is 0 Å². The van der Waals surface area contributed by atoms with Crippen molar-refractivity contribution in [3.63, 3.8) is 0 Å². The Hall–Kier alpha value is 2.32. The summed E-state index contributed by atoms with van der Waals surface area (Å²) in [6.45, 7) is 0. The van der Waals surface area contributed by atoms with E-state index < -0.39 is 7.59 Å². The molecule has 0 fully saturated rings. The first-order chi connectivity index (χ1) is 8.49. The third-order valence-corrected chi connectivity index (χ3v) is 4.11. The zero-order chi connectivity index (χ0) is 15.1. The smallest absolute Gasteiger partial charge is 0.123 e. The topological polar surface area (TPSA) is 0 Å². The highest BCUT2D eigenvalue weighted by atomic mass is 35.6. The molecule has 0 heterocycles. The average Bonchev–Trinajstić information content (AvgIpc) is 2.10. The molecule has 0 aliphatic heterocycles. The molecule has 0 aromatic carbocycles. The Morgan fingerprint density at radius 2 is 0.895 bits per heavy atom. The third kappa shape index (κ3) is 16.5. The zero-order valence-corrected chi connectivity index (χ0v) is 16.2. The second-order valence-electron chi connectivity index (χ2n) is 4.47. The molecule has 116 valence electrons. The lowest BCUT2D eigenvalue weighted by Crippen LogP contribution is -2.12. The van der Waals surface area contributed by atoms with Crippen molar-refractivity contribution in [3.8, 4) is 0 Å². The molecule has 0 aromatic heterocycles. The molecular formula is C11H16Cl8. The first kappa shape index (κ1) is 21.3. The van der Waals surface area contributed by atoms with Crippen LogP contribution in [0.2, 0.25) is 0 Å². The van der Waals surface area contributed by atoms with Gasteiger partial charge in [-0.15, -0.1) is 23.2 Å². The first-order valence-corrected chi connectivity index (χ1v) is 9.05. The Kier molecular flexibility index (Phi) is 11.4.